The van der Waals surface area contributed by atoms with Crippen LogP contribution in [0.5, 0.6) is 0 Å². The van der Waals surface area contributed by atoms with Crippen molar-refractivity contribution < 1.29 is 14.0 Å². The highest BCUT2D eigenvalue weighted by Crippen LogP contribution is 2.28. The molecule has 0 fully saturated rings. The molecule has 2 amide bonds. The first-order chi connectivity index (χ1) is 11.9. The minimum atomic E-state index is -0.392. The molecule has 0 aliphatic carbocycles. The molecule has 0 saturated carbocycles. The number of carbonyl (C=O) groups excluding carboxylic acids is 2. The Morgan fingerprint density at radius 2 is 1.80 bits per heavy atom. The highest BCUT2D eigenvalue weighted by molar-refractivity contribution is 7.22. The number of anilines is 2. The monoisotopic (exact) mass is 357 g/mol. The Balaban J connectivity index is 1.77. The van der Waals surface area contributed by atoms with Crippen LogP contribution in [-0.4, -0.2) is 16.8 Å². The summed E-state index contributed by atoms with van der Waals surface area (Å²) in [6, 6.07) is 10.6. The molecule has 2 N–H and O–H groups in total. The minimum Gasteiger partial charge on any atom is -0.322 e. The number of nitrogens with zero attached hydrogens (tertiary/aromatic N) is 1. The number of rotatable bonds is 4. The Morgan fingerprint density at radius 1 is 1.08 bits per heavy atom. The van der Waals surface area contributed by atoms with E-state index in [9.17, 15) is 14.0 Å². The molecule has 0 aliphatic rings. The molecule has 1 aromatic heterocycles. The number of nitrogens with one attached hydrogen (secondary N) is 2. The van der Waals surface area contributed by atoms with Gasteiger partial charge in [0.2, 0.25) is 5.91 Å². The fraction of sp³-hybridized carbons (Fsp3) is 0.167. The number of aromatic nitrogens is 1. The number of halogens is 1. The fourth-order valence-corrected chi connectivity index (χ4v) is 2.96. The lowest BCUT2D eigenvalue weighted by molar-refractivity contribution is -0.118. The average Bonchev–Trinajstić information content (AvgIpc) is 2.96. The summed E-state index contributed by atoms with van der Waals surface area (Å²) < 4.78 is 13.8. The summed E-state index contributed by atoms with van der Waals surface area (Å²) in [5.41, 5.74) is 1.62. The van der Waals surface area contributed by atoms with E-state index in [0.717, 1.165) is 4.70 Å². The smallest absolute Gasteiger partial charge is 0.255 e. The number of amides is 2. The molecule has 0 unspecified atom stereocenters. The molecule has 3 aromatic rings. The summed E-state index contributed by atoms with van der Waals surface area (Å²) in [5, 5.41) is 6.05. The van der Waals surface area contributed by atoms with E-state index in [4.69, 9.17) is 0 Å². The Morgan fingerprint density at radius 3 is 2.48 bits per heavy atom. The lowest BCUT2D eigenvalue weighted by atomic mass is 10.2. The van der Waals surface area contributed by atoms with Gasteiger partial charge in [0, 0.05) is 17.2 Å². The van der Waals surface area contributed by atoms with Crippen molar-refractivity contribution >= 4 is 44.2 Å². The third kappa shape index (κ3) is 4.00. The van der Waals surface area contributed by atoms with Gasteiger partial charge >= 0.3 is 0 Å². The standard InChI is InChI=1S/C18H16FN3O2S/c1-10(2)16(23)22-18-21-14-9-13(7-8-15(14)25-18)20-17(24)11-3-5-12(19)6-4-11/h3-10H,1-2H3,(H,20,24)(H,21,22,23). The molecule has 5 nitrogen and oxygen atoms in total. The number of hydrogen-bond acceptors (Lipinski definition) is 4. The quantitative estimate of drug-likeness (QED) is 0.732. The van der Waals surface area contributed by atoms with Crippen LogP contribution in [-0.2, 0) is 4.79 Å². The molecule has 0 radical (unpaired) electrons. The van der Waals surface area contributed by atoms with Gasteiger partial charge in [-0.25, -0.2) is 9.37 Å². The van der Waals surface area contributed by atoms with Crippen molar-refractivity contribution in [2.75, 3.05) is 10.6 Å². The van der Waals surface area contributed by atoms with Crippen molar-refractivity contribution in [3.8, 4) is 0 Å². The van der Waals surface area contributed by atoms with Gasteiger partial charge in [-0.1, -0.05) is 25.2 Å². The van der Waals surface area contributed by atoms with Crippen LogP contribution in [0.2, 0.25) is 0 Å². The van der Waals surface area contributed by atoms with E-state index in [2.05, 4.69) is 15.6 Å². The van der Waals surface area contributed by atoms with Gasteiger partial charge < -0.3 is 10.6 Å². The molecule has 3 rings (SSSR count). The molecule has 128 valence electrons. The Kier molecular flexibility index (Phi) is 4.76. The van der Waals surface area contributed by atoms with Gasteiger partial charge in [-0.15, -0.1) is 0 Å². The van der Waals surface area contributed by atoms with Crippen LogP contribution >= 0.6 is 11.3 Å². The van der Waals surface area contributed by atoms with E-state index in [1.54, 1.807) is 12.1 Å². The summed E-state index contributed by atoms with van der Waals surface area (Å²) in [5.74, 6) is -0.944. The third-order valence-corrected chi connectivity index (χ3v) is 4.46. The zero-order valence-corrected chi connectivity index (χ0v) is 14.5. The predicted molar refractivity (Wildman–Crippen MR) is 97.4 cm³/mol. The Labute approximate surface area is 147 Å². The van der Waals surface area contributed by atoms with Gasteiger partial charge in [0.1, 0.15) is 5.82 Å². The van der Waals surface area contributed by atoms with Crippen molar-refractivity contribution in [1.29, 1.82) is 0 Å². The molecule has 0 bridgehead atoms. The molecule has 7 heteroatoms. The van der Waals surface area contributed by atoms with E-state index < -0.39 is 5.82 Å². The summed E-state index contributed by atoms with van der Waals surface area (Å²) >= 11 is 1.37. The van der Waals surface area contributed by atoms with Crippen LogP contribution in [0.3, 0.4) is 0 Å². The second kappa shape index (κ2) is 6.98. The van der Waals surface area contributed by atoms with E-state index in [1.807, 2.05) is 19.9 Å². The lowest BCUT2D eigenvalue weighted by Gasteiger charge is -2.05. The van der Waals surface area contributed by atoms with Gasteiger partial charge in [-0.2, -0.15) is 0 Å². The zero-order chi connectivity index (χ0) is 18.0. The van der Waals surface area contributed by atoms with E-state index >= 15 is 0 Å². The second-order valence-electron chi connectivity index (χ2n) is 5.81. The number of carbonyl (C=O) groups is 2. The molecule has 0 saturated heterocycles. The maximum absolute atomic E-state index is 12.9. The molecule has 1 heterocycles. The number of hydrogen-bond donors (Lipinski definition) is 2. The topological polar surface area (TPSA) is 71.1 Å². The minimum absolute atomic E-state index is 0.0936. The van der Waals surface area contributed by atoms with Gasteiger partial charge in [0.25, 0.3) is 5.91 Å². The summed E-state index contributed by atoms with van der Waals surface area (Å²) in [7, 11) is 0. The van der Waals surface area contributed by atoms with Crippen LogP contribution in [0.15, 0.2) is 42.5 Å². The van der Waals surface area contributed by atoms with Crippen LogP contribution in [0.25, 0.3) is 10.2 Å². The molecular weight excluding hydrogens is 341 g/mol. The fourth-order valence-electron chi connectivity index (χ4n) is 2.11. The molecular formula is C18H16FN3O2S. The van der Waals surface area contributed by atoms with Crippen molar-refractivity contribution in [3.63, 3.8) is 0 Å². The first kappa shape index (κ1) is 17.0. The third-order valence-electron chi connectivity index (χ3n) is 3.51. The molecule has 0 spiro atoms. The average molecular weight is 357 g/mol. The second-order valence-corrected chi connectivity index (χ2v) is 6.84. The van der Waals surface area contributed by atoms with Crippen molar-refractivity contribution in [2.24, 2.45) is 5.92 Å². The van der Waals surface area contributed by atoms with Gasteiger partial charge in [-0.05, 0) is 42.5 Å². The van der Waals surface area contributed by atoms with Crippen molar-refractivity contribution in [3.05, 3.63) is 53.8 Å². The van der Waals surface area contributed by atoms with Crippen molar-refractivity contribution in [2.45, 2.75) is 13.8 Å². The zero-order valence-electron chi connectivity index (χ0n) is 13.7. The Hall–Kier alpha value is -2.80. The highest BCUT2D eigenvalue weighted by atomic mass is 32.1. The van der Waals surface area contributed by atoms with Crippen molar-refractivity contribution in [1.82, 2.24) is 4.98 Å². The van der Waals surface area contributed by atoms with E-state index in [1.165, 1.54) is 35.6 Å². The van der Waals surface area contributed by atoms with Gasteiger partial charge in [0.15, 0.2) is 5.13 Å². The van der Waals surface area contributed by atoms with Crippen LogP contribution < -0.4 is 10.6 Å². The molecule has 0 aliphatic heterocycles. The summed E-state index contributed by atoms with van der Waals surface area (Å²) in [4.78, 5) is 28.3. The number of thiazole rings is 1. The van der Waals surface area contributed by atoms with Gasteiger partial charge in [0.05, 0.1) is 10.2 Å². The lowest BCUT2D eigenvalue weighted by Crippen LogP contribution is -2.17. The maximum Gasteiger partial charge on any atom is 0.255 e. The first-order valence-corrected chi connectivity index (χ1v) is 8.52. The Bertz CT molecular complexity index is 935. The van der Waals surface area contributed by atoms with Crippen LogP contribution in [0.4, 0.5) is 15.2 Å². The summed E-state index contributed by atoms with van der Waals surface area (Å²) in [6.45, 7) is 3.62. The van der Waals surface area contributed by atoms with Crippen LogP contribution in [0, 0.1) is 11.7 Å². The number of benzene rings is 2. The SMILES string of the molecule is CC(C)C(=O)Nc1nc2cc(NC(=O)c3ccc(F)cc3)ccc2s1. The van der Waals surface area contributed by atoms with E-state index in [-0.39, 0.29) is 17.7 Å². The summed E-state index contributed by atoms with van der Waals surface area (Å²) in [6.07, 6.45) is 0. The van der Waals surface area contributed by atoms with E-state index in [0.29, 0.717) is 21.9 Å². The predicted octanol–water partition coefficient (Wildman–Crippen LogP) is 4.28. The first-order valence-electron chi connectivity index (χ1n) is 7.71. The van der Waals surface area contributed by atoms with Crippen LogP contribution in [0.1, 0.15) is 24.2 Å². The number of fused-ring (bicyclic) bond motifs is 1. The maximum atomic E-state index is 12.9. The normalized spacial score (nSPS) is 10.9. The highest BCUT2D eigenvalue weighted by Gasteiger charge is 2.12. The molecule has 2 aromatic carbocycles. The largest absolute Gasteiger partial charge is 0.322 e. The van der Waals surface area contributed by atoms with Gasteiger partial charge in [-0.3, -0.25) is 9.59 Å². The molecule has 0 atom stereocenters. The molecule has 25 heavy (non-hydrogen) atoms.